The monoisotopic (exact) mass is 280 g/mol. The number of carboxylic acids is 1. The lowest BCUT2D eigenvalue weighted by molar-refractivity contribution is -0.431. The molecule has 0 aromatic carbocycles. The minimum atomic E-state index is -1.04. The van der Waals surface area contributed by atoms with Crippen LogP contribution in [0.4, 0.5) is 0 Å². The molecular formula is C15H20O5. The van der Waals surface area contributed by atoms with Crippen molar-refractivity contribution in [2.75, 3.05) is 0 Å². The molecule has 0 amide bonds. The lowest BCUT2D eigenvalue weighted by atomic mass is 9.60. The number of allylic oxidation sites excluding steroid dienone is 1. The number of rotatable bonds is 2. The van der Waals surface area contributed by atoms with Crippen LogP contribution in [0.3, 0.4) is 0 Å². The van der Waals surface area contributed by atoms with Crippen LogP contribution in [0.15, 0.2) is 24.3 Å². The summed E-state index contributed by atoms with van der Waals surface area (Å²) in [5.74, 6) is -1.08. The second kappa shape index (κ2) is 4.53. The van der Waals surface area contributed by atoms with Crippen molar-refractivity contribution in [3.05, 3.63) is 24.3 Å². The fourth-order valence-corrected chi connectivity index (χ4v) is 2.97. The Labute approximate surface area is 118 Å². The van der Waals surface area contributed by atoms with E-state index in [9.17, 15) is 9.59 Å². The molecule has 1 saturated heterocycles. The maximum atomic E-state index is 12.1. The van der Waals surface area contributed by atoms with Gasteiger partial charge in [0.05, 0.1) is 0 Å². The molecule has 2 rings (SSSR count). The van der Waals surface area contributed by atoms with Gasteiger partial charge in [-0.3, -0.25) is 4.79 Å². The van der Waals surface area contributed by atoms with Crippen molar-refractivity contribution in [2.24, 2.45) is 11.3 Å². The molecule has 1 fully saturated rings. The van der Waals surface area contributed by atoms with Crippen molar-refractivity contribution in [1.82, 2.24) is 0 Å². The van der Waals surface area contributed by atoms with E-state index >= 15 is 0 Å². The number of hydrogen-bond acceptors (Lipinski definition) is 4. The molecule has 0 aromatic heterocycles. The van der Waals surface area contributed by atoms with Crippen molar-refractivity contribution < 1.29 is 24.5 Å². The molecular weight excluding hydrogens is 260 g/mol. The maximum Gasteiger partial charge on any atom is 0.328 e. The Balaban J connectivity index is 2.33. The minimum absolute atomic E-state index is 0.0510. The van der Waals surface area contributed by atoms with Crippen LogP contribution in [0.25, 0.3) is 0 Å². The summed E-state index contributed by atoms with van der Waals surface area (Å²) in [4.78, 5) is 33.7. The number of carbonyl (C=O) groups excluding carboxylic acids is 1. The van der Waals surface area contributed by atoms with Gasteiger partial charge < -0.3 is 5.11 Å². The topological polar surface area (TPSA) is 72.8 Å². The summed E-state index contributed by atoms with van der Waals surface area (Å²) in [7, 11) is 0. The summed E-state index contributed by atoms with van der Waals surface area (Å²) in [6.07, 6.45) is 6.28. The molecule has 1 N–H and O–H groups in total. The zero-order chi connectivity index (χ0) is 15.2. The Kier molecular flexibility index (Phi) is 3.38. The third-order valence-corrected chi connectivity index (χ3v) is 4.36. The molecule has 1 aliphatic heterocycles. The second-order valence-corrected chi connectivity index (χ2v) is 6.51. The number of aliphatic carboxylic acids is 1. The fraction of sp³-hybridized carbons (Fsp3) is 0.600. The summed E-state index contributed by atoms with van der Waals surface area (Å²) in [6, 6.07) is 0. The Hall–Kier alpha value is -1.46. The zero-order valence-electron chi connectivity index (χ0n) is 12.2. The van der Waals surface area contributed by atoms with Crippen LogP contribution >= 0.6 is 0 Å². The Morgan fingerprint density at radius 1 is 1.35 bits per heavy atom. The van der Waals surface area contributed by atoms with Crippen LogP contribution < -0.4 is 0 Å². The molecule has 5 heteroatoms. The van der Waals surface area contributed by atoms with Gasteiger partial charge in [-0.1, -0.05) is 13.8 Å². The molecule has 2 aliphatic rings. The highest BCUT2D eigenvalue weighted by molar-refractivity contribution is 5.96. The van der Waals surface area contributed by atoms with Crippen LogP contribution in [-0.4, -0.2) is 28.1 Å². The standard InChI is InChI=1S/C15H20O5/c1-13(2)10-9-14(3,7-6-12(17)18)19-20-15(10,4)8-5-11(13)16/h5-8,10H,9H2,1-4H3,(H,17,18)/b7-6-/t10-,14+,15+/m1/s1. The first-order chi connectivity index (χ1) is 9.09. The van der Waals surface area contributed by atoms with Gasteiger partial charge in [-0.25, -0.2) is 14.6 Å². The Morgan fingerprint density at radius 2 is 2.00 bits per heavy atom. The number of ketones is 1. The van der Waals surface area contributed by atoms with Gasteiger partial charge in [-0.2, -0.15) is 0 Å². The predicted octanol–water partition coefficient (Wildman–Crippen LogP) is 2.28. The molecule has 20 heavy (non-hydrogen) atoms. The number of carboxylic acid groups (broad SMARTS) is 1. The normalized spacial score (nSPS) is 39.8. The summed E-state index contributed by atoms with van der Waals surface area (Å²) >= 11 is 0. The third-order valence-electron chi connectivity index (χ3n) is 4.36. The highest BCUT2D eigenvalue weighted by Gasteiger charge is 2.55. The molecule has 0 unspecified atom stereocenters. The predicted molar refractivity (Wildman–Crippen MR) is 71.8 cm³/mol. The quantitative estimate of drug-likeness (QED) is 0.620. The summed E-state index contributed by atoms with van der Waals surface area (Å²) in [5, 5.41) is 8.74. The van der Waals surface area contributed by atoms with E-state index < -0.39 is 22.6 Å². The van der Waals surface area contributed by atoms with Gasteiger partial charge in [0.1, 0.15) is 11.2 Å². The van der Waals surface area contributed by atoms with E-state index in [0.717, 1.165) is 6.08 Å². The van der Waals surface area contributed by atoms with Crippen molar-refractivity contribution in [1.29, 1.82) is 0 Å². The average molecular weight is 280 g/mol. The summed E-state index contributed by atoms with van der Waals surface area (Å²) in [6.45, 7) is 7.41. The van der Waals surface area contributed by atoms with Crippen LogP contribution in [-0.2, 0) is 19.4 Å². The molecule has 0 radical (unpaired) electrons. The van der Waals surface area contributed by atoms with Gasteiger partial charge in [0.25, 0.3) is 0 Å². The molecule has 1 aliphatic carbocycles. The van der Waals surface area contributed by atoms with Crippen molar-refractivity contribution in [3.8, 4) is 0 Å². The van der Waals surface area contributed by atoms with Gasteiger partial charge in [0, 0.05) is 17.4 Å². The van der Waals surface area contributed by atoms with Crippen molar-refractivity contribution in [3.63, 3.8) is 0 Å². The molecule has 5 nitrogen and oxygen atoms in total. The molecule has 0 aromatic rings. The number of carbonyl (C=O) groups is 2. The summed E-state index contributed by atoms with van der Waals surface area (Å²) < 4.78 is 0. The van der Waals surface area contributed by atoms with E-state index in [1.807, 2.05) is 20.8 Å². The van der Waals surface area contributed by atoms with E-state index in [-0.39, 0.29) is 11.7 Å². The van der Waals surface area contributed by atoms with E-state index in [2.05, 4.69) is 0 Å². The van der Waals surface area contributed by atoms with Gasteiger partial charge in [-0.05, 0) is 38.5 Å². The first-order valence-corrected chi connectivity index (χ1v) is 6.62. The molecule has 0 saturated carbocycles. The smallest absolute Gasteiger partial charge is 0.328 e. The lowest BCUT2D eigenvalue weighted by Crippen LogP contribution is -2.57. The highest BCUT2D eigenvalue weighted by Crippen LogP contribution is 2.50. The molecule has 1 heterocycles. The third kappa shape index (κ3) is 2.43. The van der Waals surface area contributed by atoms with Crippen LogP contribution in [0.5, 0.6) is 0 Å². The van der Waals surface area contributed by atoms with Crippen molar-refractivity contribution in [2.45, 2.75) is 45.3 Å². The molecule has 0 bridgehead atoms. The first kappa shape index (κ1) is 14.9. The maximum absolute atomic E-state index is 12.1. The second-order valence-electron chi connectivity index (χ2n) is 6.51. The van der Waals surface area contributed by atoms with Crippen LogP contribution in [0.1, 0.15) is 34.1 Å². The highest BCUT2D eigenvalue weighted by atomic mass is 17.2. The van der Waals surface area contributed by atoms with E-state index in [1.165, 1.54) is 12.2 Å². The number of fused-ring (bicyclic) bond motifs is 1. The summed E-state index contributed by atoms with van der Waals surface area (Å²) in [5.41, 5.74) is -2.11. The van der Waals surface area contributed by atoms with Crippen LogP contribution in [0, 0.1) is 11.3 Å². The Morgan fingerprint density at radius 3 is 2.60 bits per heavy atom. The number of hydrogen-bond donors (Lipinski definition) is 1. The fourth-order valence-electron chi connectivity index (χ4n) is 2.97. The van der Waals surface area contributed by atoms with E-state index in [4.69, 9.17) is 14.9 Å². The first-order valence-electron chi connectivity index (χ1n) is 6.62. The Bertz CT molecular complexity index is 504. The zero-order valence-corrected chi connectivity index (χ0v) is 12.2. The largest absolute Gasteiger partial charge is 0.478 e. The average Bonchev–Trinajstić information content (AvgIpc) is 2.36. The van der Waals surface area contributed by atoms with Gasteiger partial charge in [0.15, 0.2) is 5.78 Å². The van der Waals surface area contributed by atoms with Crippen LogP contribution in [0.2, 0.25) is 0 Å². The van der Waals surface area contributed by atoms with Gasteiger partial charge in [0.2, 0.25) is 0 Å². The van der Waals surface area contributed by atoms with E-state index in [1.54, 1.807) is 13.0 Å². The SMILES string of the molecule is CC1(C)C(=O)C=C[C@]2(C)OO[C@@](C)(/C=C\C(=O)O)C[C@H]12. The molecule has 3 atom stereocenters. The van der Waals surface area contributed by atoms with Gasteiger partial charge in [-0.15, -0.1) is 0 Å². The molecule has 110 valence electrons. The van der Waals surface area contributed by atoms with E-state index in [0.29, 0.717) is 6.42 Å². The van der Waals surface area contributed by atoms with Gasteiger partial charge >= 0.3 is 5.97 Å². The van der Waals surface area contributed by atoms with Crippen molar-refractivity contribution >= 4 is 11.8 Å². The molecule has 0 spiro atoms. The lowest BCUT2D eigenvalue weighted by Gasteiger charge is -2.52. The minimum Gasteiger partial charge on any atom is -0.478 e.